The average Bonchev–Trinajstić information content (AvgIpc) is 3.16. The van der Waals surface area contributed by atoms with Crippen molar-refractivity contribution in [2.75, 3.05) is 26.7 Å². The molecular formula is C20H28ClNO3. The van der Waals surface area contributed by atoms with Gasteiger partial charge in [-0.1, -0.05) is 49.2 Å². The maximum absolute atomic E-state index is 12.8. The van der Waals surface area contributed by atoms with Crippen LogP contribution in [-0.2, 0) is 15.1 Å². The lowest BCUT2D eigenvalue weighted by Crippen LogP contribution is -2.43. The van der Waals surface area contributed by atoms with Crippen molar-refractivity contribution in [3.05, 3.63) is 47.5 Å². The number of aliphatic hydroxyl groups is 1. The molecule has 1 aliphatic heterocycles. The Balaban J connectivity index is 0.00000225. The van der Waals surface area contributed by atoms with Gasteiger partial charge in [0.25, 0.3) is 0 Å². The molecule has 0 aromatic heterocycles. The first-order valence-corrected chi connectivity index (χ1v) is 8.92. The highest BCUT2D eigenvalue weighted by Crippen LogP contribution is 2.41. The first kappa shape index (κ1) is 20.0. The van der Waals surface area contributed by atoms with Crippen LogP contribution in [0.2, 0.25) is 0 Å². The molecule has 0 amide bonds. The Morgan fingerprint density at radius 2 is 1.96 bits per heavy atom. The maximum Gasteiger partial charge on any atom is 0.343 e. The van der Waals surface area contributed by atoms with E-state index in [-0.39, 0.29) is 24.9 Å². The van der Waals surface area contributed by atoms with E-state index in [2.05, 4.69) is 18.0 Å². The number of likely N-dealkylation sites (N-methyl/N-ethyl adjacent to an activating group) is 1. The third-order valence-corrected chi connectivity index (χ3v) is 5.37. The summed E-state index contributed by atoms with van der Waals surface area (Å²) in [6, 6.07) is 9.28. The van der Waals surface area contributed by atoms with Crippen molar-refractivity contribution in [1.29, 1.82) is 0 Å². The van der Waals surface area contributed by atoms with E-state index in [0.717, 1.165) is 50.8 Å². The van der Waals surface area contributed by atoms with Gasteiger partial charge < -0.3 is 14.7 Å². The summed E-state index contributed by atoms with van der Waals surface area (Å²) in [5, 5.41) is 11.3. The number of nitrogens with zero attached hydrogens (tertiary/aromatic N) is 1. The minimum Gasteiger partial charge on any atom is -0.459 e. The van der Waals surface area contributed by atoms with Crippen molar-refractivity contribution in [2.45, 2.75) is 37.7 Å². The molecule has 138 valence electrons. The number of rotatable bonds is 5. The minimum absolute atomic E-state index is 0. The second kappa shape index (κ2) is 8.84. The van der Waals surface area contributed by atoms with E-state index in [4.69, 9.17) is 4.74 Å². The fourth-order valence-electron chi connectivity index (χ4n) is 3.77. The zero-order valence-corrected chi connectivity index (χ0v) is 15.6. The Hall–Kier alpha value is -1.36. The molecular weight excluding hydrogens is 338 g/mol. The van der Waals surface area contributed by atoms with Crippen LogP contribution in [0.25, 0.3) is 0 Å². The third-order valence-electron chi connectivity index (χ3n) is 5.37. The number of halogens is 1. The highest BCUT2D eigenvalue weighted by Gasteiger charge is 2.47. The Labute approximate surface area is 156 Å². The molecule has 1 fully saturated rings. The van der Waals surface area contributed by atoms with Gasteiger partial charge in [0.1, 0.15) is 6.61 Å². The summed E-state index contributed by atoms with van der Waals surface area (Å²) >= 11 is 0. The lowest BCUT2D eigenvalue weighted by atomic mass is 9.80. The molecule has 0 saturated heterocycles. The van der Waals surface area contributed by atoms with Crippen molar-refractivity contribution in [3.63, 3.8) is 0 Å². The Kier molecular flexibility index (Phi) is 7.05. The molecule has 0 radical (unpaired) electrons. The second-order valence-corrected chi connectivity index (χ2v) is 7.06. The molecule has 2 aliphatic rings. The van der Waals surface area contributed by atoms with Gasteiger partial charge >= 0.3 is 5.97 Å². The topological polar surface area (TPSA) is 49.8 Å². The minimum atomic E-state index is -1.52. The Morgan fingerprint density at radius 1 is 1.28 bits per heavy atom. The number of carbonyl (C=O) groups excluding carboxylic acids is 1. The van der Waals surface area contributed by atoms with Crippen molar-refractivity contribution >= 4 is 18.4 Å². The summed E-state index contributed by atoms with van der Waals surface area (Å²) in [6.07, 6.45) is 6.89. The molecule has 4 nitrogen and oxygen atoms in total. The quantitative estimate of drug-likeness (QED) is 0.642. The molecule has 1 saturated carbocycles. The van der Waals surface area contributed by atoms with Gasteiger partial charge in [0.05, 0.1) is 0 Å². The smallest absolute Gasteiger partial charge is 0.343 e. The van der Waals surface area contributed by atoms with Crippen LogP contribution in [0.1, 0.15) is 37.7 Å². The molecule has 1 aromatic carbocycles. The van der Waals surface area contributed by atoms with E-state index in [1.807, 2.05) is 30.3 Å². The van der Waals surface area contributed by atoms with Gasteiger partial charge in [-0.05, 0) is 37.4 Å². The Morgan fingerprint density at radius 3 is 2.56 bits per heavy atom. The number of hydrogen-bond acceptors (Lipinski definition) is 4. The first-order valence-electron chi connectivity index (χ1n) is 8.92. The lowest BCUT2D eigenvalue weighted by Gasteiger charge is -2.32. The van der Waals surface area contributed by atoms with Crippen LogP contribution in [-0.4, -0.2) is 42.7 Å². The first-order chi connectivity index (χ1) is 11.6. The van der Waals surface area contributed by atoms with Gasteiger partial charge in [-0.3, -0.25) is 0 Å². The van der Waals surface area contributed by atoms with Gasteiger partial charge in [-0.2, -0.15) is 0 Å². The van der Waals surface area contributed by atoms with E-state index in [0.29, 0.717) is 5.56 Å². The van der Waals surface area contributed by atoms with E-state index in [1.54, 1.807) is 0 Å². The number of benzene rings is 1. The number of hydrogen-bond donors (Lipinski definition) is 1. The standard InChI is InChI=1S/C20H27NO3.ClH/c1-21-13-11-16(12-14-21)15-24-19(22)20(23,18-9-5-6-10-18)17-7-3-2-4-8-17;/h2-4,7-8,11,18,23H,5-6,9-10,12-15H2,1H3;1H. The molecule has 0 spiro atoms. The monoisotopic (exact) mass is 365 g/mol. The van der Waals surface area contributed by atoms with Crippen LogP contribution in [0.3, 0.4) is 0 Å². The van der Waals surface area contributed by atoms with Crippen molar-refractivity contribution in [2.24, 2.45) is 5.92 Å². The lowest BCUT2D eigenvalue weighted by molar-refractivity contribution is -0.172. The van der Waals surface area contributed by atoms with Gasteiger partial charge in [0.15, 0.2) is 5.60 Å². The summed E-state index contributed by atoms with van der Waals surface area (Å²) in [6.45, 7) is 2.15. The zero-order chi connectivity index (χ0) is 17.0. The van der Waals surface area contributed by atoms with Crippen LogP contribution < -0.4 is 0 Å². The molecule has 1 aromatic rings. The predicted octanol–water partition coefficient (Wildman–Crippen LogP) is 3.29. The molecule has 1 unspecified atom stereocenters. The summed E-state index contributed by atoms with van der Waals surface area (Å²) in [5.74, 6) is -0.556. The number of carbonyl (C=O) groups is 1. The third kappa shape index (κ3) is 4.43. The van der Waals surface area contributed by atoms with Crippen LogP contribution >= 0.6 is 12.4 Å². The molecule has 25 heavy (non-hydrogen) atoms. The van der Waals surface area contributed by atoms with Crippen molar-refractivity contribution < 1.29 is 14.6 Å². The SMILES string of the molecule is CN1CC=C(COC(=O)C(O)(c2ccccc2)C2CCCC2)CC1.Cl. The molecule has 3 rings (SSSR count). The summed E-state index contributed by atoms with van der Waals surface area (Å²) < 4.78 is 5.57. The molecule has 1 aliphatic carbocycles. The molecule has 5 heteroatoms. The molecule has 1 atom stereocenters. The number of esters is 1. The molecule has 1 heterocycles. The van der Waals surface area contributed by atoms with E-state index in [1.165, 1.54) is 0 Å². The van der Waals surface area contributed by atoms with Crippen molar-refractivity contribution in [3.8, 4) is 0 Å². The van der Waals surface area contributed by atoms with E-state index in [9.17, 15) is 9.90 Å². The van der Waals surface area contributed by atoms with Gasteiger partial charge in [-0.15, -0.1) is 12.4 Å². The average molecular weight is 366 g/mol. The largest absolute Gasteiger partial charge is 0.459 e. The van der Waals surface area contributed by atoms with Gasteiger partial charge in [-0.25, -0.2) is 4.79 Å². The highest BCUT2D eigenvalue weighted by atomic mass is 35.5. The summed E-state index contributed by atoms with van der Waals surface area (Å²) in [7, 11) is 2.08. The van der Waals surface area contributed by atoms with E-state index >= 15 is 0 Å². The fourth-order valence-corrected chi connectivity index (χ4v) is 3.77. The highest BCUT2D eigenvalue weighted by molar-refractivity contribution is 5.85. The van der Waals surface area contributed by atoms with Crippen LogP contribution in [0, 0.1) is 5.92 Å². The normalized spacial score (nSPS) is 21.1. The van der Waals surface area contributed by atoms with Crippen LogP contribution in [0.5, 0.6) is 0 Å². The Bertz CT molecular complexity index is 598. The van der Waals surface area contributed by atoms with E-state index < -0.39 is 11.6 Å². The van der Waals surface area contributed by atoms with Gasteiger partial charge in [0.2, 0.25) is 0 Å². The predicted molar refractivity (Wildman–Crippen MR) is 101 cm³/mol. The van der Waals surface area contributed by atoms with Gasteiger partial charge in [0, 0.05) is 19.0 Å². The summed E-state index contributed by atoms with van der Waals surface area (Å²) in [4.78, 5) is 15.1. The van der Waals surface area contributed by atoms with Crippen LogP contribution in [0.4, 0.5) is 0 Å². The summed E-state index contributed by atoms with van der Waals surface area (Å²) in [5.41, 5.74) is 0.270. The van der Waals surface area contributed by atoms with Crippen LogP contribution in [0.15, 0.2) is 42.0 Å². The maximum atomic E-state index is 12.8. The molecule has 0 bridgehead atoms. The number of ether oxygens (including phenoxy) is 1. The fraction of sp³-hybridized carbons (Fsp3) is 0.550. The zero-order valence-electron chi connectivity index (χ0n) is 14.8. The van der Waals surface area contributed by atoms with Crippen molar-refractivity contribution in [1.82, 2.24) is 4.90 Å². The second-order valence-electron chi connectivity index (χ2n) is 7.06. The molecule has 1 N–H and O–H groups in total.